The number of nitrogens with zero attached hydrogens (tertiary/aromatic N) is 1. The Bertz CT molecular complexity index is 457. The van der Waals surface area contributed by atoms with Crippen molar-refractivity contribution in [1.82, 2.24) is 4.90 Å². The van der Waals surface area contributed by atoms with E-state index in [9.17, 15) is 9.59 Å². The highest BCUT2D eigenvalue weighted by Crippen LogP contribution is 2.33. The van der Waals surface area contributed by atoms with Gasteiger partial charge in [0.25, 0.3) is 0 Å². The van der Waals surface area contributed by atoms with Gasteiger partial charge in [0.2, 0.25) is 11.8 Å². The van der Waals surface area contributed by atoms with E-state index in [2.05, 4.69) is 0 Å². The van der Waals surface area contributed by atoms with Gasteiger partial charge >= 0.3 is 0 Å². The first-order valence-electron chi connectivity index (χ1n) is 5.49. The molecule has 0 atom stereocenters. The first kappa shape index (κ1) is 13.7. The van der Waals surface area contributed by atoms with Gasteiger partial charge in [-0.05, 0) is 12.1 Å². The lowest BCUT2D eigenvalue weighted by Crippen LogP contribution is -2.31. The molecule has 1 aromatic carbocycles. The van der Waals surface area contributed by atoms with Crippen LogP contribution in [0.4, 0.5) is 0 Å². The third-order valence-electron chi connectivity index (χ3n) is 2.64. The summed E-state index contributed by atoms with van der Waals surface area (Å²) in [5.74, 6) is 0.415. The molecule has 2 rings (SSSR count). The molecule has 0 aliphatic carbocycles. The van der Waals surface area contributed by atoms with Crippen molar-refractivity contribution in [2.45, 2.75) is 17.7 Å². The molecule has 18 heavy (non-hydrogen) atoms. The van der Waals surface area contributed by atoms with Crippen LogP contribution < -0.4 is 0 Å². The average molecular weight is 304 g/mol. The number of carbonyl (C=O) groups excluding carboxylic acids is 2. The SMILES string of the molecule is O=C1CCC(=O)N1CCSc1c(Cl)cccc1Cl. The summed E-state index contributed by atoms with van der Waals surface area (Å²) in [6, 6.07) is 5.31. The van der Waals surface area contributed by atoms with Gasteiger partial charge in [0.1, 0.15) is 0 Å². The van der Waals surface area contributed by atoms with Gasteiger partial charge in [-0.1, -0.05) is 29.3 Å². The van der Waals surface area contributed by atoms with Crippen LogP contribution in [-0.4, -0.2) is 29.0 Å². The third-order valence-corrected chi connectivity index (χ3v) is 4.60. The Morgan fingerprint density at radius 1 is 1.11 bits per heavy atom. The van der Waals surface area contributed by atoms with Crippen LogP contribution in [0.2, 0.25) is 10.0 Å². The Hall–Kier alpha value is -0.710. The van der Waals surface area contributed by atoms with Crippen LogP contribution in [0.1, 0.15) is 12.8 Å². The van der Waals surface area contributed by atoms with Crippen LogP contribution in [0.5, 0.6) is 0 Å². The zero-order valence-electron chi connectivity index (χ0n) is 9.49. The number of rotatable bonds is 4. The first-order chi connectivity index (χ1) is 8.59. The molecule has 6 heteroatoms. The number of hydrogen-bond acceptors (Lipinski definition) is 3. The summed E-state index contributed by atoms with van der Waals surface area (Å²) in [5.41, 5.74) is 0. The van der Waals surface area contributed by atoms with Crippen molar-refractivity contribution in [1.29, 1.82) is 0 Å². The zero-order valence-corrected chi connectivity index (χ0v) is 11.8. The molecule has 1 fully saturated rings. The molecule has 1 saturated heterocycles. The van der Waals surface area contributed by atoms with Gasteiger partial charge in [-0.25, -0.2) is 0 Å². The number of carbonyl (C=O) groups is 2. The number of thioether (sulfide) groups is 1. The molecule has 0 unspecified atom stereocenters. The van der Waals surface area contributed by atoms with Crippen molar-refractivity contribution in [3.63, 3.8) is 0 Å². The number of amides is 2. The van der Waals surface area contributed by atoms with Crippen molar-refractivity contribution in [2.24, 2.45) is 0 Å². The average Bonchev–Trinajstić information content (AvgIpc) is 2.64. The molecule has 0 saturated carbocycles. The molecular weight excluding hydrogens is 293 g/mol. The zero-order chi connectivity index (χ0) is 13.1. The molecule has 0 radical (unpaired) electrons. The van der Waals surface area contributed by atoms with Crippen molar-refractivity contribution in [3.05, 3.63) is 28.2 Å². The molecule has 0 spiro atoms. The summed E-state index contributed by atoms with van der Waals surface area (Å²) < 4.78 is 0. The molecule has 1 aromatic rings. The lowest BCUT2D eigenvalue weighted by Gasteiger charge is -2.13. The van der Waals surface area contributed by atoms with Crippen LogP contribution in [0.15, 0.2) is 23.1 Å². The number of hydrogen-bond donors (Lipinski definition) is 0. The molecule has 0 bridgehead atoms. The Kier molecular flexibility index (Phi) is 4.54. The monoisotopic (exact) mass is 303 g/mol. The Morgan fingerprint density at radius 2 is 1.67 bits per heavy atom. The third kappa shape index (κ3) is 2.99. The van der Waals surface area contributed by atoms with Crippen molar-refractivity contribution < 1.29 is 9.59 Å². The van der Waals surface area contributed by atoms with Crippen molar-refractivity contribution >= 4 is 46.8 Å². The standard InChI is InChI=1S/C12H11Cl2NO2S/c13-8-2-1-3-9(14)12(8)18-7-6-15-10(16)4-5-11(15)17/h1-3H,4-7H2. The maximum atomic E-state index is 11.4. The van der Waals surface area contributed by atoms with E-state index in [0.717, 1.165) is 4.90 Å². The van der Waals surface area contributed by atoms with E-state index in [1.54, 1.807) is 18.2 Å². The van der Waals surface area contributed by atoms with Crippen molar-refractivity contribution in [2.75, 3.05) is 12.3 Å². The molecule has 2 amide bonds. The second-order valence-electron chi connectivity index (χ2n) is 3.84. The Labute approximate surface area is 119 Å². The lowest BCUT2D eigenvalue weighted by molar-refractivity contribution is -0.137. The van der Waals surface area contributed by atoms with Gasteiger partial charge < -0.3 is 0 Å². The van der Waals surface area contributed by atoms with E-state index in [-0.39, 0.29) is 11.8 Å². The van der Waals surface area contributed by atoms with E-state index in [1.165, 1.54) is 16.7 Å². The summed E-state index contributed by atoms with van der Waals surface area (Å²) >= 11 is 13.5. The predicted molar refractivity (Wildman–Crippen MR) is 73.1 cm³/mol. The van der Waals surface area contributed by atoms with Crippen LogP contribution in [0, 0.1) is 0 Å². The summed E-state index contributed by atoms with van der Waals surface area (Å²) in [4.78, 5) is 24.9. The molecule has 3 nitrogen and oxygen atoms in total. The van der Waals surface area contributed by atoms with E-state index in [1.807, 2.05) is 0 Å². The maximum absolute atomic E-state index is 11.4. The summed E-state index contributed by atoms with van der Waals surface area (Å²) in [6.07, 6.45) is 0.659. The van der Waals surface area contributed by atoms with Gasteiger partial charge in [-0.3, -0.25) is 14.5 Å². The molecule has 1 aliphatic rings. The highest BCUT2D eigenvalue weighted by molar-refractivity contribution is 7.99. The quantitative estimate of drug-likeness (QED) is 0.633. The largest absolute Gasteiger partial charge is 0.282 e. The summed E-state index contributed by atoms with van der Waals surface area (Å²) in [5, 5.41) is 1.18. The van der Waals surface area contributed by atoms with Crippen LogP contribution >= 0.6 is 35.0 Å². The van der Waals surface area contributed by atoms with E-state index < -0.39 is 0 Å². The maximum Gasteiger partial charge on any atom is 0.229 e. The van der Waals surface area contributed by atoms with Gasteiger partial charge in [-0.2, -0.15) is 0 Å². The highest BCUT2D eigenvalue weighted by Gasteiger charge is 2.28. The fourth-order valence-electron chi connectivity index (χ4n) is 1.73. The van der Waals surface area contributed by atoms with E-state index >= 15 is 0 Å². The van der Waals surface area contributed by atoms with Crippen LogP contribution in [0.25, 0.3) is 0 Å². The van der Waals surface area contributed by atoms with Crippen LogP contribution in [-0.2, 0) is 9.59 Å². The second kappa shape index (κ2) is 5.95. The summed E-state index contributed by atoms with van der Waals surface area (Å²) in [7, 11) is 0. The van der Waals surface area contributed by atoms with Gasteiger partial charge in [0.15, 0.2) is 0 Å². The van der Waals surface area contributed by atoms with Gasteiger partial charge in [-0.15, -0.1) is 11.8 Å². The van der Waals surface area contributed by atoms with E-state index in [4.69, 9.17) is 23.2 Å². The molecule has 1 heterocycles. The Balaban J connectivity index is 1.93. The molecule has 0 aromatic heterocycles. The number of imide groups is 1. The topological polar surface area (TPSA) is 37.4 Å². The lowest BCUT2D eigenvalue weighted by atomic mass is 10.4. The normalized spacial score (nSPS) is 15.6. The highest BCUT2D eigenvalue weighted by atomic mass is 35.5. The minimum absolute atomic E-state index is 0.0918. The van der Waals surface area contributed by atoms with Gasteiger partial charge in [0, 0.05) is 30.0 Å². The first-order valence-corrected chi connectivity index (χ1v) is 7.24. The summed E-state index contributed by atoms with van der Waals surface area (Å²) in [6.45, 7) is 0.407. The molecule has 0 N–H and O–H groups in total. The van der Waals surface area contributed by atoms with Crippen molar-refractivity contribution in [3.8, 4) is 0 Å². The second-order valence-corrected chi connectivity index (χ2v) is 5.76. The van der Waals surface area contributed by atoms with Crippen LogP contribution in [0.3, 0.4) is 0 Å². The molecule has 1 aliphatic heterocycles. The predicted octanol–water partition coefficient (Wildman–Crippen LogP) is 3.23. The fraction of sp³-hybridized carbons (Fsp3) is 0.333. The fourth-order valence-corrected chi connectivity index (χ4v) is 3.35. The number of likely N-dealkylation sites (tertiary alicyclic amines) is 1. The molecule has 96 valence electrons. The van der Waals surface area contributed by atoms with Gasteiger partial charge in [0.05, 0.1) is 10.0 Å². The molecular formula is C12H11Cl2NO2S. The minimum atomic E-state index is -0.0918. The number of benzene rings is 1. The number of halogens is 2. The minimum Gasteiger partial charge on any atom is -0.282 e. The Morgan fingerprint density at radius 3 is 2.22 bits per heavy atom. The smallest absolute Gasteiger partial charge is 0.229 e. The van der Waals surface area contributed by atoms with E-state index in [0.29, 0.717) is 35.2 Å².